The molecule has 6 nitrogen and oxygen atoms in total. The molecule has 0 aromatic heterocycles. The lowest BCUT2D eigenvalue weighted by molar-refractivity contribution is -0.911. The van der Waals surface area contributed by atoms with Gasteiger partial charge in [0.2, 0.25) is 5.91 Å². The number of carbonyl (C=O) groups is 2. The first kappa shape index (κ1) is 20.1. The number of carbonyl (C=O) groups excluding carboxylic acids is 1. The van der Waals surface area contributed by atoms with Gasteiger partial charge in [0.05, 0.1) is 36.0 Å². The summed E-state index contributed by atoms with van der Waals surface area (Å²) in [5, 5.41) is 18.9. The molecule has 3 unspecified atom stereocenters. The van der Waals surface area contributed by atoms with Crippen LogP contribution in [-0.2, 0) is 16.1 Å². The van der Waals surface area contributed by atoms with Crippen LogP contribution in [0.3, 0.4) is 0 Å². The van der Waals surface area contributed by atoms with Crippen LogP contribution in [0.4, 0.5) is 0 Å². The second kappa shape index (κ2) is 7.89. The first-order valence-corrected chi connectivity index (χ1v) is 11.7. The SMILES string of the molecule is C[N+]1(Cc2ccccc2SC2SC3[C@@H](CCO)C(=O)N3C2C(=O)O)CCCC1. The summed E-state index contributed by atoms with van der Waals surface area (Å²) in [5.41, 5.74) is 1.26. The Hall–Kier alpha value is -1.22. The minimum absolute atomic E-state index is 0.0454. The van der Waals surface area contributed by atoms with Crippen molar-refractivity contribution in [2.45, 2.75) is 46.7 Å². The van der Waals surface area contributed by atoms with Crippen molar-refractivity contribution in [3.63, 3.8) is 0 Å². The third-order valence-electron chi connectivity index (χ3n) is 6.13. The third-order valence-corrected chi connectivity index (χ3v) is 9.25. The molecule has 3 aliphatic rings. The first-order chi connectivity index (χ1) is 13.4. The van der Waals surface area contributed by atoms with Gasteiger partial charge in [0.25, 0.3) is 0 Å². The van der Waals surface area contributed by atoms with E-state index in [2.05, 4.69) is 19.2 Å². The number of fused-ring (bicyclic) bond motifs is 1. The van der Waals surface area contributed by atoms with E-state index in [4.69, 9.17) is 0 Å². The normalized spacial score (nSPS) is 30.9. The number of likely N-dealkylation sites (tertiary alicyclic amines) is 1. The molecule has 1 aromatic rings. The van der Waals surface area contributed by atoms with Crippen LogP contribution >= 0.6 is 23.5 Å². The van der Waals surface area contributed by atoms with Crippen molar-refractivity contribution in [1.29, 1.82) is 0 Å². The van der Waals surface area contributed by atoms with E-state index in [1.165, 1.54) is 36.4 Å². The molecule has 4 atom stereocenters. The van der Waals surface area contributed by atoms with E-state index in [0.717, 1.165) is 15.9 Å². The number of quaternary nitrogens is 1. The fourth-order valence-corrected chi connectivity index (χ4v) is 8.05. The van der Waals surface area contributed by atoms with Gasteiger partial charge in [-0.15, -0.1) is 23.5 Å². The van der Waals surface area contributed by atoms with Crippen molar-refractivity contribution in [1.82, 2.24) is 4.90 Å². The maximum atomic E-state index is 12.4. The molecule has 1 amide bonds. The lowest BCUT2D eigenvalue weighted by Gasteiger charge is -2.43. The van der Waals surface area contributed by atoms with Crippen molar-refractivity contribution in [2.75, 3.05) is 26.7 Å². The summed E-state index contributed by atoms with van der Waals surface area (Å²) in [6.45, 7) is 3.28. The van der Waals surface area contributed by atoms with E-state index in [1.54, 1.807) is 23.5 Å². The van der Waals surface area contributed by atoms with Crippen LogP contribution in [0.2, 0.25) is 0 Å². The second-order valence-electron chi connectivity index (χ2n) is 8.20. The lowest BCUT2D eigenvalue weighted by atomic mass is 9.93. The Morgan fingerprint density at radius 1 is 1.32 bits per heavy atom. The number of aliphatic hydroxyl groups is 1. The van der Waals surface area contributed by atoms with Crippen molar-refractivity contribution < 1.29 is 24.3 Å². The molecule has 0 saturated carbocycles. The average molecular weight is 424 g/mol. The predicted octanol–water partition coefficient (Wildman–Crippen LogP) is 2.21. The zero-order chi connectivity index (χ0) is 19.9. The zero-order valence-corrected chi connectivity index (χ0v) is 17.6. The van der Waals surface area contributed by atoms with Crippen LogP contribution in [0, 0.1) is 5.92 Å². The van der Waals surface area contributed by atoms with Gasteiger partial charge in [0, 0.05) is 29.9 Å². The number of rotatable bonds is 7. The molecule has 28 heavy (non-hydrogen) atoms. The van der Waals surface area contributed by atoms with Crippen molar-refractivity contribution in [3.05, 3.63) is 29.8 Å². The Balaban J connectivity index is 1.54. The Morgan fingerprint density at radius 3 is 2.71 bits per heavy atom. The van der Waals surface area contributed by atoms with Crippen molar-refractivity contribution in [3.8, 4) is 0 Å². The third kappa shape index (κ3) is 3.56. The molecule has 2 N–H and O–H groups in total. The number of benzene rings is 1. The van der Waals surface area contributed by atoms with E-state index in [1.807, 2.05) is 12.1 Å². The number of aliphatic carboxylic acids is 1. The maximum Gasteiger partial charge on any atom is 0.328 e. The Morgan fingerprint density at radius 2 is 2.04 bits per heavy atom. The predicted molar refractivity (Wildman–Crippen MR) is 110 cm³/mol. The van der Waals surface area contributed by atoms with Gasteiger partial charge in [0.1, 0.15) is 6.54 Å². The molecule has 3 fully saturated rings. The van der Waals surface area contributed by atoms with E-state index in [-0.39, 0.29) is 28.4 Å². The van der Waals surface area contributed by atoms with Gasteiger partial charge in [-0.05, 0) is 12.5 Å². The van der Waals surface area contributed by atoms with Crippen LogP contribution in [0.5, 0.6) is 0 Å². The number of hydrogen-bond donors (Lipinski definition) is 2. The molecule has 1 aromatic carbocycles. The lowest BCUT2D eigenvalue weighted by Crippen LogP contribution is -2.61. The number of amides is 1. The van der Waals surface area contributed by atoms with Crippen LogP contribution < -0.4 is 0 Å². The summed E-state index contributed by atoms with van der Waals surface area (Å²) in [7, 11) is 2.29. The minimum Gasteiger partial charge on any atom is -0.480 e. The van der Waals surface area contributed by atoms with Crippen LogP contribution in [0.15, 0.2) is 29.2 Å². The molecule has 152 valence electrons. The summed E-state index contributed by atoms with van der Waals surface area (Å²) >= 11 is 3.15. The molecule has 8 heteroatoms. The zero-order valence-electron chi connectivity index (χ0n) is 16.0. The van der Waals surface area contributed by atoms with E-state index >= 15 is 0 Å². The number of hydrogen-bond acceptors (Lipinski definition) is 5. The van der Waals surface area contributed by atoms with E-state index in [0.29, 0.717) is 6.42 Å². The number of nitrogens with zero attached hydrogens (tertiary/aromatic N) is 2. The van der Waals surface area contributed by atoms with Crippen LogP contribution in [0.25, 0.3) is 0 Å². The smallest absolute Gasteiger partial charge is 0.328 e. The highest BCUT2D eigenvalue weighted by molar-refractivity contribution is 8.17. The highest BCUT2D eigenvalue weighted by Gasteiger charge is 2.60. The van der Waals surface area contributed by atoms with Gasteiger partial charge in [0.15, 0.2) is 6.04 Å². The van der Waals surface area contributed by atoms with E-state index in [9.17, 15) is 19.8 Å². The fourth-order valence-electron chi connectivity index (χ4n) is 4.62. The molecule has 4 rings (SSSR count). The molecule has 3 aliphatic heterocycles. The molecule has 0 bridgehead atoms. The minimum atomic E-state index is -0.945. The molecule has 3 heterocycles. The van der Waals surface area contributed by atoms with Crippen molar-refractivity contribution >= 4 is 35.4 Å². The van der Waals surface area contributed by atoms with Crippen LogP contribution in [-0.4, -0.2) is 74.2 Å². The monoisotopic (exact) mass is 423 g/mol. The maximum absolute atomic E-state index is 12.4. The second-order valence-corrected chi connectivity index (χ2v) is 10.9. The molecular weight excluding hydrogens is 396 g/mol. The molecule has 0 radical (unpaired) electrons. The summed E-state index contributed by atoms with van der Waals surface area (Å²) in [6.07, 6.45) is 2.93. The van der Waals surface area contributed by atoms with Gasteiger partial charge in [-0.1, -0.05) is 18.2 Å². The first-order valence-electron chi connectivity index (χ1n) is 9.83. The van der Waals surface area contributed by atoms with Gasteiger partial charge in [-0.2, -0.15) is 0 Å². The highest BCUT2D eigenvalue weighted by Crippen LogP contribution is 2.53. The average Bonchev–Trinajstić information content (AvgIpc) is 3.23. The Bertz CT molecular complexity index is 768. The topological polar surface area (TPSA) is 77.8 Å². The highest BCUT2D eigenvalue weighted by atomic mass is 32.2. The number of β-lactam (4-membered cyclic amide) rings is 1. The summed E-state index contributed by atoms with van der Waals surface area (Å²) < 4.78 is 0.795. The number of aliphatic hydroxyl groups excluding tert-OH is 1. The Labute approximate surface area is 173 Å². The van der Waals surface area contributed by atoms with Gasteiger partial charge in [-0.3, -0.25) is 4.79 Å². The number of carboxylic acid groups (broad SMARTS) is 1. The molecule has 0 aliphatic carbocycles. The summed E-state index contributed by atoms with van der Waals surface area (Å²) in [4.78, 5) is 27.0. The standard InChI is InChI=1S/C20H26N2O4S2/c1-22(9-4-5-10-22)12-13-6-2-3-7-15(13)27-20-16(19(25)26)21-17(24)14(8-11-23)18(21)28-20/h2-3,6-7,14,16,18,20,23H,4-5,8-12H2,1H3/p+1/t14-,16?,18?,20?/m0/s1. The number of thioether (sulfide) groups is 2. The van der Waals surface area contributed by atoms with Gasteiger partial charge < -0.3 is 19.6 Å². The Kier molecular flexibility index (Phi) is 5.66. The largest absolute Gasteiger partial charge is 0.480 e. The summed E-state index contributed by atoms with van der Waals surface area (Å²) in [5.74, 6) is -1.34. The molecule has 3 saturated heterocycles. The van der Waals surface area contributed by atoms with Gasteiger partial charge in [-0.25, -0.2) is 4.79 Å². The molecule has 0 spiro atoms. The quantitative estimate of drug-likeness (QED) is 0.517. The van der Waals surface area contributed by atoms with Crippen molar-refractivity contribution in [2.24, 2.45) is 5.92 Å². The summed E-state index contributed by atoms with van der Waals surface area (Å²) in [6, 6.07) is 7.46. The number of carboxylic acids is 1. The fraction of sp³-hybridized carbons (Fsp3) is 0.600. The molecular formula is C20H27N2O4S2+. The van der Waals surface area contributed by atoms with Crippen LogP contribution in [0.1, 0.15) is 24.8 Å². The van der Waals surface area contributed by atoms with E-state index < -0.39 is 12.0 Å². The van der Waals surface area contributed by atoms with Gasteiger partial charge >= 0.3 is 5.97 Å².